The van der Waals surface area contributed by atoms with Crippen molar-refractivity contribution in [3.8, 4) is 16.9 Å². The van der Waals surface area contributed by atoms with Crippen LogP contribution in [0.25, 0.3) is 11.1 Å². The lowest BCUT2D eigenvalue weighted by molar-refractivity contribution is -0.124. The van der Waals surface area contributed by atoms with Gasteiger partial charge in [0, 0.05) is 6.04 Å². The quantitative estimate of drug-likeness (QED) is 0.884. The highest BCUT2D eigenvalue weighted by molar-refractivity contribution is 5.78. The summed E-state index contributed by atoms with van der Waals surface area (Å²) < 4.78 is 5.62. The van der Waals surface area contributed by atoms with Crippen LogP contribution >= 0.6 is 0 Å². The molecule has 3 rings (SSSR count). The van der Waals surface area contributed by atoms with Gasteiger partial charge in [0.2, 0.25) is 0 Å². The standard InChI is InChI=1S/C21H25NO2/c1-16-7-5-6-10-20(16)22-21(23)15-24-19-13-11-18(12-14-19)17-8-3-2-4-9-17/h2-4,8-9,11-14,16,20H,5-7,10,15H2,1H3,(H,22,23). The minimum Gasteiger partial charge on any atom is -0.484 e. The monoisotopic (exact) mass is 323 g/mol. The normalized spacial score (nSPS) is 20.4. The van der Waals surface area contributed by atoms with Gasteiger partial charge in [0.15, 0.2) is 6.61 Å². The predicted molar refractivity (Wildman–Crippen MR) is 96.9 cm³/mol. The highest BCUT2D eigenvalue weighted by atomic mass is 16.5. The van der Waals surface area contributed by atoms with Gasteiger partial charge in [0.05, 0.1) is 0 Å². The number of hydrogen-bond donors (Lipinski definition) is 1. The molecule has 0 heterocycles. The number of benzene rings is 2. The summed E-state index contributed by atoms with van der Waals surface area (Å²) in [6.07, 6.45) is 4.76. The molecule has 2 aromatic rings. The fourth-order valence-electron chi connectivity index (χ4n) is 3.30. The average Bonchev–Trinajstić information content (AvgIpc) is 2.63. The Labute approximate surface area is 144 Å². The molecule has 1 saturated carbocycles. The summed E-state index contributed by atoms with van der Waals surface area (Å²) in [5.74, 6) is 1.26. The van der Waals surface area contributed by atoms with E-state index in [-0.39, 0.29) is 12.5 Å². The van der Waals surface area contributed by atoms with Crippen molar-refractivity contribution in [3.63, 3.8) is 0 Å². The Kier molecular flexibility index (Phi) is 5.52. The van der Waals surface area contributed by atoms with Crippen LogP contribution in [0, 0.1) is 5.92 Å². The Balaban J connectivity index is 1.50. The summed E-state index contributed by atoms with van der Waals surface area (Å²) in [4.78, 5) is 12.1. The van der Waals surface area contributed by atoms with E-state index in [4.69, 9.17) is 4.74 Å². The first-order valence-corrected chi connectivity index (χ1v) is 8.80. The maximum absolute atomic E-state index is 12.1. The Hall–Kier alpha value is -2.29. The van der Waals surface area contributed by atoms with E-state index in [1.165, 1.54) is 24.8 Å². The van der Waals surface area contributed by atoms with Crippen molar-refractivity contribution in [2.75, 3.05) is 6.61 Å². The second kappa shape index (κ2) is 8.00. The molecule has 0 spiro atoms. The molecule has 1 N–H and O–H groups in total. The van der Waals surface area contributed by atoms with E-state index < -0.39 is 0 Å². The number of nitrogens with one attached hydrogen (secondary N) is 1. The van der Waals surface area contributed by atoms with Crippen molar-refractivity contribution in [1.82, 2.24) is 5.32 Å². The van der Waals surface area contributed by atoms with Crippen LogP contribution in [0.4, 0.5) is 0 Å². The van der Waals surface area contributed by atoms with Crippen LogP contribution in [0.3, 0.4) is 0 Å². The maximum atomic E-state index is 12.1. The molecule has 0 radical (unpaired) electrons. The number of ether oxygens (including phenoxy) is 1. The third-order valence-electron chi connectivity index (χ3n) is 4.79. The van der Waals surface area contributed by atoms with Gasteiger partial charge in [-0.1, -0.05) is 62.2 Å². The van der Waals surface area contributed by atoms with Crippen molar-refractivity contribution in [2.24, 2.45) is 5.92 Å². The smallest absolute Gasteiger partial charge is 0.258 e. The van der Waals surface area contributed by atoms with E-state index in [9.17, 15) is 4.79 Å². The topological polar surface area (TPSA) is 38.3 Å². The third-order valence-corrected chi connectivity index (χ3v) is 4.79. The van der Waals surface area contributed by atoms with E-state index in [0.717, 1.165) is 17.7 Å². The lowest BCUT2D eigenvalue weighted by atomic mass is 9.86. The molecule has 3 nitrogen and oxygen atoms in total. The minimum atomic E-state index is -0.0270. The number of amides is 1. The summed E-state index contributed by atoms with van der Waals surface area (Å²) in [6.45, 7) is 2.29. The van der Waals surface area contributed by atoms with Gasteiger partial charge in [-0.15, -0.1) is 0 Å². The molecule has 1 aliphatic carbocycles. The summed E-state index contributed by atoms with van der Waals surface area (Å²) in [6, 6.07) is 18.4. The Bertz CT molecular complexity index is 651. The SMILES string of the molecule is CC1CCCCC1NC(=O)COc1ccc(-c2ccccc2)cc1. The van der Waals surface area contributed by atoms with Gasteiger partial charge in [-0.25, -0.2) is 0 Å². The average molecular weight is 323 g/mol. The summed E-state index contributed by atoms with van der Waals surface area (Å²) in [5, 5.41) is 3.11. The largest absolute Gasteiger partial charge is 0.484 e. The molecular weight excluding hydrogens is 298 g/mol. The molecule has 2 atom stereocenters. The first-order valence-electron chi connectivity index (χ1n) is 8.80. The first kappa shape index (κ1) is 16.6. The Morgan fingerprint density at radius 3 is 2.38 bits per heavy atom. The number of rotatable bonds is 5. The molecule has 2 aromatic carbocycles. The van der Waals surface area contributed by atoms with E-state index in [0.29, 0.717) is 12.0 Å². The predicted octanol–water partition coefficient (Wildman–Crippen LogP) is 4.43. The molecule has 0 saturated heterocycles. The molecule has 3 heteroatoms. The third kappa shape index (κ3) is 4.38. The zero-order valence-electron chi connectivity index (χ0n) is 14.2. The van der Waals surface area contributed by atoms with E-state index >= 15 is 0 Å². The van der Waals surface area contributed by atoms with Crippen LogP contribution in [-0.4, -0.2) is 18.6 Å². The van der Waals surface area contributed by atoms with Crippen molar-refractivity contribution < 1.29 is 9.53 Å². The molecule has 24 heavy (non-hydrogen) atoms. The van der Waals surface area contributed by atoms with Crippen LogP contribution in [0.15, 0.2) is 54.6 Å². The first-order chi connectivity index (χ1) is 11.7. The lowest BCUT2D eigenvalue weighted by Gasteiger charge is -2.29. The van der Waals surface area contributed by atoms with Crippen LogP contribution in [-0.2, 0) is 4.79 Å². The Morgan fingerprint density at radius 2 is 1.67 bits per heavy atom. The van der Waals surface area contributed by atoms with Crippen LogP contribution < -0.4 is 10.1 Å². The van der Waals surface area contributed by atoms with Crippen LogP contribution in [0.2, 0.25) is 0 Å². The number of carbonyl (C=O) groups is 1. The van der Waals surface area contributed by atoms with Gasteiger partial charge >= 0.3 is 0 Å². The fourth-order valence-corrected chi connectivity index (χ4v) is 3.30. The lowest BCUT2D eigenvalue weighted by Crippen LogP contribution is -2.43. The van der Waals surface area contributed by atoms with E-state index in [1.807, 2.05) is 42.5 Å². The molecule has 0 aliphatic heterocycles. The molecule has 126 valence electrons. The van der Waals surface area contributed by atoms with Crippen LogP contribution in [0.1, 0.15) is 32.6 Å². The van der Waals surface area contributed by atoms with E-state index in [2.05, 4.69) is 24.4 Å². The number of carbonyl (C=O) groups excluding carboxylic acids is 1. The highest BCUT2D eigenvalue weighted by Crippen LogP contribution is 2.24. The summed E-state index contributed by atoms with van der Waals surface area (Å²) in [5.41, 5.74) is 2.32. The molecule has 2 unspecified atom stereocenters. The van der Waals surface area contributed by atoms with Gasteiger partial charge < -0.3 is 10.1 Å². The minimum absolute atomic E-state index is 0.0270. The van der Waals surface area contributed by atoms with E-state index in [1.54, 1.807) is 0 Å². The summed E-state index contributed by atoms with van der Waals surface area (Å²) >= 11 is 0. The van der Waals surface area contributed by atoms with Crippen LogP contribution in [0.5, 0.6) is 5.75 Å². The van der Waals surface area contributed by atoms with Gasteiger partial charge in [0.1, 0.15) is 5.75 Å². The van der Waals surface area contributed by atoms with Gasteiger partial charge in [-0.05, 0) is 42.0 Å². The zero-order chi connectivity index (χ0) is 16.8. The van der Waals surface area contributed by atoms with Crippen molar-refractivity contribution >= 4 is 5.91 Å². The van der Waals surface area contributed by atoms with Crippen molar-refractivity contribution in [3.05, 3.63) is 54.6 Å². The summed E-state index contributed by atoms with van der Waals surface area (Å²) in [7, 11) is 0. The zero-order valence-corrected chi connectivity index (χ0v) is 14.2. The molecule has 0 bridgehead atoms. The number of hydrogen-bond acceptors (Lipinski definition) is 2. The van der Waals surface area contributed by atoms with Crippen molar-refractivity contribution in [2.45, 2.75) is 38.6 Å². The molecule has 1 fully saturated rings. The molecule has 1 amide bonds. The Morgan fingerprint density at radius 1 is 1.00 bits per heavy atom. The molecule has 0 aromatic heterocycles. The second-order valence-corrected chi connectivity index (χ2v) is 6.61. The van der Waals surface area contributed by atoms with Gasteiger partial charge in [0.25, 0.3) is 5.91 Å². The fraction of sp³-hybridized carbons (Fsp3) is 0.381. The van der Waals surface area contributed by atoms with Gasteiger partial charge in [-0.3, -0.25) is 4.79 Å². The van der Waals surface area contributed by atoms with Crippen molar-refractivity contribution in [1.29, 1.82) is 0 Å². The highest BCUT2D eigenvalue weighted by Gasteiger charge is 2.22. The van der Waals surface area contributed by atoms with Gasteiger partial charge in [-0.2, -0.15) is 0 Å². The second-order valence-electron chi connectivity index (χ2n) is 6.61. The molecule has 1 aliphatic rings. The maximum Gasteiger partial charge on any atom is 0.258 e. The molecular formula is C21H25NO2.